The van der Waals surface area contributed by atoms with Crippen molar-refractivity contribution in [3.63, 3.8) is 0 Å². The number of hydrogen-bond donors (Lipinski definition) is 0. The molecule has 0 radical (unpaired) electrons. The molecular weight excluding hydrogens is 805 g/mol. The minimum absolute atomic E-state index is 0.0997. The molecule has 0 fully saturated rings. The Kier molecular flexibility index (Phi) is 50.9. The Morgan fingerprint density at radius 3 is 0.969 bits per heavy atom. The molecule has 0 spiro atoms. The highest BCUT2D eigenvalue weighted by molar-refractivity contribution is 5.71. The van der Waals surface area contributed by atoms with Gasteiger partial charge in [0.1, 0.15) is 13.2 Å². The van der Waals surface area contributed by atoms with E-state index in [1.165, 1.54) is 135 Å². The van der Waals surface area contributed by atoms with Crippen molar-refractivity contribution in [1.29, 1.82) is 0 Å². The van der Waals surface area contributed by atoms with Crippen molar-refractivity contribution in [3.8, 4) is 0 Å². The quantitative estimate of drug-likeness (QED) is 0.0262. The van der Waals surface area contributed by atoms with Crippen LogP contribution in [0.1, 0.15) is 265 Å². The van der Waals surface area contributed by atoms with E-state index in [2.05, 4.69) is 93.7 Å². The fourth-order valence-electron chi connectivity index (χ4n) is 7.48. The molecule has 0 aromatic rings. The predicted octanol–water partition coefficient (Wildman–Crippen LogP) is 18.2. The van der Waals surface area contributed by atoms with E-state index in [4.69, 9.17) is 14.2 Å². The lowest BCUT2D eigenvalue weighted by molar-refractivity contribution is -0.167. The van der Waals surface area contributed by atoms with Crippen LogP contribution < -0.4 is 0 Å². The molecule has 374 valence electrons. The van der Waals surface area contributed by atoms with E-state index in [1.54, 1.807) is 0 Å². The number of unbranched alkanes of at least 4 members (excludes halogenated alkanes) is 26. The summed E-state index contributed by atoms with van der Waals surface area (Å²) in [5, 5.41) is 0. The molecular formula is C59H102O6. The molecule has 0 saturated carbocycles. The van der Waals surface area contributed by atoms with Crippen LogP contribution in [-0.4, -0.2) is 37.2 Å². The van der Waals surface area contributed by atoms with Crippen molar-refractivity contribution >= 4 is 17.9 Å². The molecule has 0 rings (SSSR count). The Labute approximate surface area is 402 Å². The number of carbonyl (C=O) groups is 3. The van der Waals surface area contributed by atoms with Crippen molar-refractivity contribution < 1.29 is 28.6 Å². The SMILES string of the molecule is CCCCC/C=C\C/C=C\C/C=C\C/C=C\CCCC(=O)OC[C@@H](COC(=O)CCCCCCC/C=C\CCCCCCCC)OC(=O)CCCCCCC/C=C\CCCCCCCC. The van der Waals surface area contributed by atoms with Gasteiger partial charge in [-0.15, -0.1) is 0 Å². The fraction of sp³-hybridized carbons (Fsp3) is 0.746. The zero-order valence-electron chi connectivity index (χ0n) is 42.7. The van der Waals surface area contributed by atoms with Gasteiger partial charge in [0.15, 0.2) is 6.10 Å². The summed E-state index contributed by atoms with van der Waals surface area (Å²) in [6.07, 6.45) is 67.4. The van der Waals surface area contributed by atoms with E-state index < -0.39 is 6.10 Å². The van der Waals surface area contributed by atoms with Gasteiger partial charge in [0.05, 0.1) is 0 Å². The first kappa shape index (κ1) is 61.9. The molecule has 0 aromatic heterocycles. The van der Waals surface area contributed by atoms with Crippen LogP contribution in [0.4, 0.5) is 0 Å². The van der Waals surface area contributed by atoms with E-state index in [-0.39, 0.29) is 37.5 Å². The molecule has 0 bridgehead atoms. The minimum atomic E-state index is -0.804. The third-order valence-corrected chi connectivity index (χ3v) is 11.7. The Morgan fingerprint density at radius 2 is 0.569 bits per heavy atom. The van der Waals surface area contributed by atoms with Gasteiger partial charge in [0.25, 0.3) is 0 Å². The lowest BCUT2D eigenvalue weighted by Crippen LogP contribution is -2.30. The highest BCUT2D eigenvalue weighted by Crippen LogP contribution is 2.14. The zero-order valence-corrected chi connectivity index (χ0v) is 42.7. The van der Waals surface area contributed by atoms with E-state index in [9.17, 15) is 14.4 Å². The van der Waals surface area contributed by atoms with Crippen LogP contribution in [0.5, 0.6) is 0 Å². The fourth-order valence-corrected chi connectivity index (χ4v) is 7.48. The molecule has 0 aromatic carbocycles. The van der Waals surface area contributed by atoms with Crippen LogP contribution in [0.25, 0.3) is 0 Å². The summed E-state index contributed by atoms with van der Waals surface area (Å²) >= 11 is 0. The monoisotopic (exact) mass is 907 g/mol. The minimum Gasteiger partial charge on any atom is -0.462 e. The zero-order chi connectivity index (χ0) is 47.2. The molecule has 0 heterocycles. The third-order valence-electron chi connectivity index (χ3n) is 11.7. The van der Waals surface area contributed by atoms with E-state index in [1.807, 2.05) is 0 Å². The lowest BCUT2D eigenvalue weighted by Gasteiger charge is -2.18. The maximum absolute atomic E-state index is 12.8. The number of allylic oxidation sites excluding steroid dienone is 12. The van der Waals surface area contributed by atoms with Crippen LogP contribution in [0.2, 0.25) is 0 Å². The number of esters is 3. The first-order valence-corrected chi connectivity index (χ1v) is 27.4. The summed E-state index contributed by atoms with van der Waals surface area (Å²) in [5.41, 5.74) is 0. The molecule has 6 nitrogen and oxygen atoms in total. The normalized spacial score (nSPS) is 12.6. The number of rotatable bonds is 49. The summed E-state index contributed by atoms with van der Waals surface area (Å²) < 4.78 is 16.8. The van der Waals surface area contributed by atoms with Crippen molar-refractivity contribution in [2.75, 3.05) is 13.2 Å². The molecule has 0 N–H and O–H groups in total. The second-order valence-corrected chi connectivity index (χ2v) is 18.1. The Bertz CT molecular complexity index is 1230. The van der Waals surface area contributed by atoms with E-state index in [0.29, 0.717) is 19.3 Å². The van der Waals surface area contributed by atoms with Gasteiger partial charge in [-0.1, -0.05) is 209 Å². The van der Waals surface area contributed by atoms with Gasteiger partial charge in [-0.25, -0.2) is 0 Å². The van der Waals surface area contributed by atoms with Gasteiger partial charge in [0, 0.05) is 19.3 Å². The van der Waals surface area contributed by atoms with Crippen LogP contribution >= 0.6 is 0 Å². The molecule has 0 aliphatic carbocycles. The molecule has 65 heavy (non-hydrogen) atoms. The van der Waals surface area contributed by atoms with Gasteiger partial charge >= 0.3 is 17.9 Å². The second kappa shape index (κ2) is 53.5. The highest BCUT2D eigenvalue weighted by atomic mass is 16.6. The molecule has 0 aliphatic rings. The molecule has 0 saturated heterocycles. The van der Waals surface area contributed by atoms with Crippen LogP contribution in [-0.2, 0) is 28.6 Å². The van der Waals surface area contributed by atoms with Gasteiger partial charge in [-0.3, -0.25) is 14.4 Å². The first-order chi connectivity index (χ1) is 32.0. The molecule has 0 amide bonds. The first-order valence-electron chi connectivity index (χ1n) is 27.4. The predicted molar refractivity (Wildman–Crippen MR) is 279 cm³/mol. The number of ether oxygens (including phenoxy) is 3. The van der Waals surface area contributed by atoms with Crippen molar-refractivity contribution in [2.24, 2.45) is 0 Å². The van der Waals surface area contributed by atoms with Crippen LogP contribution in [0.15, 0.2) is 72.9 Å². The maximum atomic E-state index is 12.8. The number of hydrogen-bond acceptors (Lipinski definition) is 6. The van der Waals surface area contributed by atoms with E-state index in [0.717, 1.165) is 83.5 Å². The summed E-state index contributed by atoms with van der Waals surface area (Å²) in [7, 11) is 0. The summed E-state index contributed by atoms with van der Waals surface area (Å²) in [6, 6.07) is 0. The van der Waals surface area contributed by atoms with Crippen molar-refractivity contribution in [3.05, 3.63) is 72.9 Å². The Balaban J connectivity index is 4.49. The average molecular weight is 907 g/mol. The smallest absolute Gasteiger partial charge is 0.306 e. The van der Waals surface area contributed by atoms with Gasteiger partial charge in [-0.2, -0.15) is 0 Å². The Hall–Kier alpha value is -3.15. The second-order valence-electron chi connectivity index (χ2n) is 18.1. The molecule has 6 heteroatoms. The molecule has 1 atom stereocenters. The number of carbonyl (C=O) groups excluding carboxylic acids is 3. The van der Waals surface area contributed by atoms with Gasteiger partial charge < -0.3 is 14.2 Å². The van der Waals surface area contributed by atoms with Crippen LogP contribution in [0.3, 0.4) is 0 Å². The molecule has 0 unspecified atom stereocenters. The van der Waals surface area contributed by atoms with E-state index >= 15 is 0 Å². The summed E-state index contributed by atoms with van der Waals surface area (Å²) in [6.45, 7) is 6.55. The summed E-state index contributed by atoms with van der Waals surface area (Å²) in [5.74, 6) is -0.970. The van der Waals surface area contributed by atoms with Gasteiger partial charge in [-0.05, 0) is 109 Å². The van der Waals surface area contributed by atoms with Crippen LogP contribution in [0, 0.1) is 0 Å². The topological polar surface area (TPSA) is 78.9 Å². The van der Waals surface area contributed by atoms with Gasteiger partial charge in [0.2, 0.25) is 0 Å². The third kappa shape index (κ3) is 51.7. The van der Waals surface area contributed by atoms with Crippen molar-refractivity contribution in [1.82, 2.24) is 0 Å². The maximum Gasteiger partial charge on any atom is 0.306 e. The van der Waals surface area contributed by atoms with Crippen molar-refractivity contribution in [2.45, 2.75) is 271 Å². The highest BCUT2D eigenvalue weighted by Gasteiger charge is 2.19. The molecule has 0 aliphatic heterocycles. The largest absolute Gasteiger partial charge is 0.462 e. The Morgan fingerprint density at radius 1 is 0.308 bits per heavy atom. The lowest BCUT2D eigenvalue weighted by atomic mass is 10.1. The standard InChI is InChI=1S/C59H102O6/c1-4-7-10-13-16-19-22-25-28-29-32-34-37-40-43-46-49-52-58(61)64-55-56(65-59(62)53-50-47-44-41-38-35-31-27-24-21-18-15-12-9-6-3)54-63-57(60)51-48-45-42-39-36-33-30-26-23-20-17-14-11-8-5-2/h16,19,25-28,30-32,34,40,43,56H,4-15,17-18,20-24,29,33,35-39,41-42,44-55H2,1-3H3/b19-16-,28-25-,30-26-,31-27-,34-32-,43-40-/t56-/m1/s1. The summed E-state index contributed by atoms with van der Waals surface area (Å²) in [4.78, 5) is 38.0. The average Bonchev–Trinajstić information content (AvgIpc) is 3.30.